The molecular weight excluding hydrogens is 260 g/mol. The Kier molecular flexibility index (Phi) is 4.47. The van der Waals surface area contributed by atoms with Gasteiger partial charge in [-0.15, -0.1) is 11.8 Å². The zero-order valence-corrected chi connectivity index (χ0v) is 11.3. The van der Waals surface area contributed by atoms with Gasteiger partial charge >= 0.3 is 5.97 Å². The quantitative estimate of drug-likeness (QED) is 0.685. The van der Waals surface area contributed by atoms with E-state index in [1.807, 2.05) is 30.3 Å². The molecule has 0 aliphatic carbocycles. The van der Waals surface area contributed by atoms with Gasteiger partial charge in [0.1, 0.15) is 11.0 Å². The molecule has 0 aliphatic rings. The van der Waals surface area contributed by atoms with Crippen molar-refractivity contribution >= 4 is 17.7 Å². The van der Waals surface area contributed by atoms with Gasteiger partial charge in [-0.2, -0.15) is 0 Å². The summed E-state index contributed by atoms with van der Waals surface area (Å²) in [6, 6.07) is 16.2. The van der Waals surface area contributed by atoms with Crippen LogP contribution in [0.1, 0.15) is 10.8 Å². The number of hydrogen-bond acceptors (Lipinski definition) is 4. The highest BCUT2D eigenvalue weighted by atomic mass is 32.2. The third-order valence-electron chi connectivity index (χ3n) is 2.61. The lowest BCUT2D eigenvalue weighted by Crippen LogP contribution is -2.10. The summed E-state index contributed by atoms with van der Waals surface area (Å²) in [5.41, 5.74) is 0.896. The second kappa shape index (κ2) is 6.29. The zero-order valence-electron chi connectivity index (χ0n) is 10.4. The minimum Gasteiger partial charge on any atom is -0.508 e. The van der Waals surface area contributed by atoms with E-state index in [1.54, 1.807) is 24.3 Å². The van der Waals surface area contributed by atoms with E-state index in [1.165, 1.54) is 18.9 Å². The van der Waals surface area contributed by atoms with Crippen molar-refractivity contribution in [3.63, 3.8) is 0 Å². The van der Waals surface area contributed by atoms with Gasteiger partial charge in [-0.1, -0.05) is 30.3 Å². The van der Waals surface area contributed by atoms with Crippen molar-refractivity contribution < 1.29 is 14.6 Å². The molecule has 0 aromatic heterocycles. The second-order valence-electron chi connectivity index (χ2n) is 3.93. The van der Waals surface area contributed by atoms with E-state index in [9.17, 15) is 9.90 Å². The molecule has 0 bridgehead atoms. The van der Waals surface area contributed by atoms with Crippen LogP contribution in [0.2, 0.25) is 0 Å². The first-order valence-corrected chi connectivity index (χ1v) is 6.67. The number of aromatic hydroxyl groups is 1. The number of rotatable bonds is 4. The summed E-state index contributed by atoms with van der Waals surface area (Å²) in [6.45, 7) is 0. The average molecular weight is 274 g/mol. The molecule has 2 rings (SSSR count). The van der Waals surface area contributed by atoms with Crippen LogP contribution < -0.4 is 0 Å². The molecule has 98 valence electrons. The van der Waals surface area contributed by atoms with E-state index in [0.29, 0.717) is 0 Å². The highest BCUT2D eigenvalue weighted by molar-refractivity contribution is 8.00. The van der Waals surface area contributed by atoms with Gasteiger partial charge in [0, 0.05) is 4.90 Å². The van der Waals surface area contributed by atoms with Crippen LogP contribution in [0.25, 0.3) is 0 Å². The molecule has 0 spiro atoms. The molecule has 2 aromatic rings. The van der Waals surface area contributed by atoms with Crippen molar-refractivity contribution in [1.82, 2.24) is 0 Å². The number of hydrogen-bond donors (Lipinski definition) is 1. The van der Waals surface area contributed by atoms with Crippen LogP contribution in [0.15, 0.2) is 59.5 Å². The van der Waals surface area contributed by atoms with Gasteiger partial charge in [0.2, 0.25) is 0 Å². The molecule has 3 nitrogen and oxygen atoms in total. The lowest BCUT2D eigenvalue weighted by atomic mass is 10.1. The molecule has 1 N–H and O–H groups in total. The van der Waals surface area contributed by atoms with Crippen molar-refractivity contribution in [2.75, 3.05) is 7.11 Å². The summed E-state index contributed by atoms with van der Waals surface area (Å²) in [5.74, 6) is -0.0806. The number of phenolic OH excluding ortho intramolecular Hbond substituents is 1. The Labute approximate surface area is 116 Å². The van der Waals surface area contributed by atoms with Crippen LogP contribution in [-0.2, 0) is 9.53 Å². The summed E-state index contributed by atoms with van der Waals surface area (Å²) in [7, 11) is 1.38. The van der Waals surface area contributed by atoms with Crippen molar-refractivity contribution in [3.8, 4) is 5.75 Å². The monoisotopic (exact) mass is 274 g/mol. The van der Waals surface area contributed by atoms with E-state index in [2.05, 4.69) is 0 Å². The van der Waals surface area contributed by atoms with Gasteiger partial charge in [-0.3, -0.25) is 4.79 Å². The number of thioether (sulfide) groups is 1. The Bertz CT molecular complexity index is 537. The number of ether oxygens (including phenoxy) is 1. The number of benzene rings is 2. The van der Waals surface area contributed by atoms with Crippen molar-refractivity contribution in [1.29, 1.82) is 0 Å². The summed E-state index contributed by atoms with van der Waals surface area (Å²) >= 11 is 1.40. The minimum atomic E-state index is -0.407. The molecular formula is C15H14O3S. The smallest absolute Gasteiger partial charge is 0.323 e. The Balaban J connectivity index is 2.24. The fraction of sp³-hybridized carbons (Fsp3) is 0.133. The first kappa shape index (κ1) is 13.5. The Morgan fingerprint density at radius 1 is 1.11 bits per heavy atom. The summed E-state index contributed by atoms with van der Waals surface area (Å²) in [4.78, 5) is 12.8. The van der Waals surface area contributed by atoms with Gasteiger partial charge in [-0.05, 0) is 29.8 Å². The van der Waals surface area contributed by atoms with E-state index in [-0.39, 0.29) is 11.7 Å². The normalized spacial score (nSPS) is 11.8. The fourth-order valence-corrected chi connectivity index (χ4v) is 2.70. The Hall–Kier alpha value is -1.94. The van der Waals surface area contributed by atoms with Crippen molar-refractivity contribution in [2.24, 2.45) is 0 Å². The maximum absolute atomic E-state index is 11.9. The molecule has 1 atom stereocenters. The number of carbonyl (C=O) groups excluding carboxylic acids is 1. The van der Waals surface area contributed by atoms with Crippen LogP contribution in [0.5, 0.6) is 5.75 Å². The summed E-state index contributed by atoms with van der Waals surface area (Å²) < 4.78 is 4.85. The maximum Gasteiger partial charge on any atom is 0.323 e. The molecule has 0 unspecified atom stereocenters. The van der Waals surface area contributed by atoms with Crippen molar-refractivity contribution in [3.05, 3.63) is 60.2 Å². The van der Waals surface area contributed by atoms with E-state index >= 15 is 0 Å². The van der Waals surface area contributed by atoms with Crippen LogP contribution >= 0.6 is 11.8 Å². The number of methoxy groups -OCH3 is 1. The van der Waals surface area contributed by atoms with Crippen LogP contribution in [0.4, 0.5) is 0 Å². The molecule has 2 aromatic carbocycles. The average Bonchev–Trinajstić information content (AvgIpc) is 2.47. The van der Waals surface area contributed by atoms with Crippen LogP contribution in [0.3, 0.4) is 0 Å². The summed E-state index contributed by atoms with van der Waals surface area (Å²) in [6.07, 6.45) is 0. The predicted molar refractivity (Wildman–Crippen MR) is 75.2 cm³/mol. The van der Waals surface area contributed by atoms with Gasteiger partial charge < -0.3 is 9.84 Å². The van der Waals surface area contributed by atoms with E-state index in [4.69, 9.17) is 4.74 Å². The molecule has 0 heterocycles. The van der Waals surface area contributed by atoms with E-state index in [0.717, 1.165) is 10.5 Å². The Morgan fingerprint density at radius 2 is 1.74 bits per heavy atom. The first-order chi connectivity index (χ1) is 9.20. The lowest BCUT2D eigenvalue weighted by Gasteiger charge is -2.14. The lowest BCUT2D eigenvalue weighted by molar-refractivity contribution is -0.140. The highest BCUT2D eigenvalue weighted by Gasteiger charge is 2.22. The van der Waals surface area contributed by atoms with E-state index < -0.39 is 5.25 Å². The molecule has 19 heavy (non-hydrogen) atoms. The summed E-state index contributed by atoms with van der Waals surface area (Å²) in [5, 5.41) is 8.86. The molecule has 0 amide bonds. The first-order valence-electron chi connectivity index (χ1n) is 5.79. The predicted octanol–water partition coefficient (Wildman–Crippen LogP) is 3.40. The minimum absolute atomic E-state index is 0.207. The second-order valence-corrected chi connectivity index (χ2v) is 5.10. The third kappa shape index (κ3) is 3.51. The topological polar surface area (TPSA) is 46.5 Å². The molecule has 0 saturated heterocycles. The highest BCUT2D eigenvalue weighted by Crippen LogP contribution is 2.36. The number of esters is 1. The maximum atomic E-state index is 11.9. The SMILES string of the molecule is COC(=O)[C@H](Sc1ccc(O)cc1)c1ccccc1. The standard InChI is InChI=1S/C15H14O3S/c1-18-15(17)14(11-5-3-2-4-6-11)19-13-9-7-12(16)8-10-13/h2-10,14,16H,1H3/t14-/m1/s1. The molecule has 4 heteroatoms. The molecule has 0 saturated carbocycles. The number of phenols is 1. The number of carbonyl (C=O) groups is 1. The molecule has 0 radical (unpaired) electrons. The fourth-order valence-electron chi connectivity index (χ4n) is 1.65. The van der Waals surface area contributed by atoms with Crippen LogP contribution in [-0.4, -0.2) is 18.2 Å². The Morgan fingerprint density at radius 3 is 2.32 bits per heavy atom. The van der Waals surface area contributed by atoms with Gasteiger partial charge in [0.25, 0.3) is 0 Å². The van der Waals surface area contributed by atoms with Gasteiger partial charge in [0.05, 0.1) is 7.11 Å². The molecule has 0 fully saturated rings. The van der Waals surface area contributed by atoms with Crippen LogP contribution in [0, 0.1) is 0 Å². The largest absolute Gasteiger partial charge is 0.508 e. The van der Waals surface area contributed by atoms with Crippen molar-refractivity contribution in [2.45, 2.75) is 10.1 Å². The van der Waals surface area contributed by atoms with Gasteiger partial charge in [0.15, 0.2) is 0 Å². The molecule has 0 aliphatic heterocycles. The van der Waals surface area contributed by atoms with Gasteiger partial charge in [-0.25, -0.2) is 0 Å². The zero-order chi connectivity index (χ0) is 13.7. The third-order valence-corrected chi connectivity index (χ3v) is 3.85.